The van der Waals surface area contributed by atoms with E-state index in [9.17, 15) is 8.42 Å². The minimum absolute atomic E-state index is 0.0900. The number of sulfonamides is 1. The Morgan fingerprint density at radius 1 is 1.19 bits per heavy atom. The molecule has 0 aliphatic carbocycles. The molecule has 0 bridgehead atoms. The van der Waals surface area contributed by atoms with Gasteiger partial charge in [-0.2, -0.15) is 0 Å². The lowest BCUT2D eigenvalue weighted by Crippen LogP contribution is -2.21. The van der Waals surface area contributed by atoms with Crippen LogP contribution in [0.25, 0.3) is 0 Å². The number of anilines is 1. The van der Waals surface area contributed by atoms with Gasteiger partial charge >= 0.3 is 0 Å². The first kappa shape index (κ1) is 16.0. The standard InChI is InChI=1S/C15H20N2O2S2/c1-3-10-16-12(2)13-7-4-5-8-14(13)17-21(18,19)15-9-6-11-20-15/h4-9,11-12,16-17H,3,10H2,1-2H3. The van der Waals surface area contributed by atoms with E-state index in [1.54, 1.807) is 23.6 Å². The van der Waals surface area contributed by atoms with Crippen LogP contribution in [0.2, 0.25) is 0 Å². The second kappa shape index (κ2) is 7.06. The van der Waals surface area contributed by atoms with E-state index in [0.29, 0.717) is 9.90 Å². The van der Waals surface area contributed by atoms with Crippen LogP contribution in [0.15, 0.2) is 46.0 Å². The van der Waals surface area contributed by atoms with Crippen molar-refractivity contribution in [2.75, 3.05) is 11.3 Å². The lowest BCUT2D eigenvalue weighted by atomic mass is 10.1. The number of hydrogen-bond donors (Lipinski definition) is 2. The molecule has 0 aliphatic heterocycles. The highest BCUT2D eigenvalue weighted by Crippen LogP contribution is 2.26. The fourth-order valence-corrected chi connectivity index (χ4v) is 4.13. The Hall–Kier alpha value is -1.37. The minimum atomic E-state index is -3.51. The summed E-state index contributed by atoms with van der Waals surface area (Å²) in [7, 11) is -3.51. The molecule has 1 atom stereocenters. The van der Waals surface area contributed by atoms with Crippen molar-refractivity contribution in [3.63, 3.8) is 0 Å². The zero-order valence-electron chi connectivity index (χ0n) is 12.2. The number of hydrogen-bond acceptors (Lipinski definition) is 4. The molecule has 1 aromatic heterocycles. The van der Waals surface area contributed by atoms with E-state index in [2.05, 4.69) is 17.0 Å². The SMILES string of the molecule is CCCNC(C)c1ccccc1NS(=O)(=O)c1cccs1. The summed E-state index contributed by atoms with van der Waals surface area (Å²) in [5.41, 5.74) is 1.58. The van der Waals surface area contributed by atoms with Gasteiger partial charge in [-0.1, -0.05) is 31.2 Å². The molecule has 0 spiro atoms. The smallest absolute Gasteiger partial charge is 0.271 e. The summed E-state index contributed by atoms with van der Waals surface area (Å²) < 4.78 is 27.7. The molecule has 0 radical (unpaired) electrons. The van der Waals surface area contributed by atoms with Gasteiger partial charge in [0.05, 0.1) is 5.69 Å². The molecule has 21 heavy (non-hydrogen) atoms. The van der Waals surface area contributed by atoms with E-state index in [0.717, 1.165) is 18.5 Å². The lowest BCUT2D eigenvalue weighted by molar-refractivity contribution is 0.571. The number of benzene rings is 1. The van der Waals surface area contributed by atoms with Gasteiger partial charge in [-0.25, -0.2) is 8.42 Å². The normalized spacial score (nSPS) is 13.0. The zero-order valence-corrected chi connectivity index (χ0v) is 13.8. The van der Waals surface area contributed by atoms with Crippen molar-refractivity contribution < 1.29 is 8.42 Å². The van der Waals surface area contributed by atoms with Gasteiger partial charge in [0.1, 0.15) is 4.21 Å². The van der Waals surface area contributed by atoms with Crippen LogP contribution in [-0.2, 0) is 10.0 Å². The van der Waals surface area contributed by atoms with E-state index in [1.165, 1.54) is 11.3 Å². The quantitative estimate of drug-likeness (QED) is 0.818. The van der Waals surface area contributed by atoms with Gasteiger partial charge in [0, 0.05) is 6.04 Å². The van der Waals surface area contributed by atoms with Crippen LogP contribution in [0.1, 0.15) is 31.9 Å². The first-order chi connectivity index (χ1) is 10.0. The van der Waals surface area contributed by atoms with Crippen molar-refractivity contribution in [1.29, 1.82) is 0 Å². The van der Waals surface area contributed by atoms with Crippen LogP contribution in [0.4, 0.5) is 5.69 Å². The Morgan fingerprint density at radius 3 is 2.62 bits per heavy atom. The van der Waals surface area contributed by atoms with Crippen molar-refractivity contribution in [2.45, 2.75) is 30.5 Å². The highest BCUT2D eigenvalue weighted by molar-refractivity contribution is 7.94. The first-order valence-corrected chi connectivity index (χ1v) is 9.29. The molecular formula is C15H20N2O2S2. The molecule has 114 valence electrons. The average Bonchev–Trinajstić information content (AvgIpc) is 3.00. The maximum Gasteiger partial charge on any atom is 0.271 e. The third-order valence-electron chi connectivity index (χ3n) is 3.13. The van der Waals surface area contributed by atoms with Crippen molar-refractivity contribution in [3.05, 3.63) is 47.3 Å². The van der Waals surface area contributed by atoms with Crippen LogP contribution >= 0.6 is 11.3 Å². The van der Waals surface area contributed by atoms with Gasteiger partial charge in [-0.15, -0.1) is 11.3 Å². The largest absolute Gasteiger partial charge is 0.310 e. The predicted molar refractivity (Wildman–Crippen MR) is 88.3 cm³/mol. The monoisotopic (exact) mass is 324 g/mol. The first-order valence-electron chi connectivity index (χ1n) is 6.93. The summed E-state index contributed by atoms with van der Waals surface area (Å²) in [5, 5.41) is 5.13. The van der Waals surface area contributed by atoms with Crippen molar-refractivity contribution in [2.24, 2.45) is 0 Å². The third kappa shape index (κ3) is 4.06. The maximum absolute atomic E-state index is 12.3. The number of para-hydroxylation sites is 1. The summed E-state index contributed by atoms with van der Waals surface area (Å²) in [6.07, 6.45) is 1.04. The number of nitrogens with one attached hydrogen (secondary N) is 2. The number of thiophene rings is 1. The second-order valence-corrected chi connectivity index (χ2v) is 7.66. The lowest BCUT2D eigenvalue weighted by Gasteiger charge is -2.18. The summed E-state index contributed by atoms with van der Waals surface area (Å²) in [5.74, 6) is 0. The van der Waals surface area contributed by atoms with Crippen LogP contribution in [0.5, 0.6) is 0 Å². The van der Waals surface area contributed by atoms with Gasteiger partial charge < -0.3 is 5.32 Å². The molecule has 0 amide bonds. The zero-order chi connectivity index (χ0) is 15.3. The Bertz CT molecular complexity index is 667. The molecule has 1 aromatic carbocycles. The molecule has 0 aliphatic rings. The highest BCUT2D eigenvalue weighted by atomic mass is 32.2. The molecule has 2 aromatic rings. The van der Waals surface area contributed by atoms with Crippen LogP contribution in [0.3, 0.4) is 0 Å². The Balaban J connectivity index is 2.25. The van der Waals surface area contributed by atoms with Gasteiger partial charge in [-0.3, -0.25) is 4.72 Å². The predicted octanol–water partition coefficient (Wildman–Crippen LogP) is 3.61. The van der Waals surface area contributed by atoms with E-state index >= 15 is 0 Å². The third-order valence-corrected chi connectivity index (χ3v) is 5.90. The minimum Gasteiger partial charge on any atom is -0.310 e. The van der Waals surface area contributed by atoms with Crippen LogP contribution in [-0.4, -0.2) is 15.0 Å². The van der Waals surface area contributed by atoms with Crippen molar-refractivity contribution >= 4 is 27.0 Å². The highest BCUT2D eigenvalue weighted by Gasteiger charge is 2.18. The van der Waals surface area contributed by atoms with E-state index in [1.807, 2.05) is 25.1 Å². The molecule has 1 heterocycles. The van der Waals surface area contributed by atoms with Gasteiger partial charge in [0.2, 0.25) is 0 Å². The summed E-state index contributed by atoms with van der Waals surface area (Å²) >= 11 is 1.21. The van der Waals surface area contributed by atoms with E-state index < -0.39 is 10.0 Å². The molecule has 4 nitrogen and oxygen atoms in total. The van der Waals surface area contributed by atoms with Gasteiger partial charge in [0.25, 0.3) is 10.0 Å². The molecular weight excluding hydrogens is 304 g/mol. The summed E-state index contributed by atoms with van der Waals surface area (Å²) in [6, 6.07) is 10.9. The Labute approximate surface area is 130 Å². The number of rotatable bonds is 7. The molecule has 0 saturated heterocycles. The van der Waals surface area contributed by atoms with Crippen molar-refractivity contribution in [1.82, 2.24) is 5.32 Å². The van der Waals surface area contributed by atoms with Crippen LogP contribution < -0.4 is 10.0 Å². The molecule has 2 rings (SSSR count). The molecule has 0 fully saturated rings. The van der Waals surface area contributed by atoms with Crippen molar-refractivity contribution in [3.8, 4) is 0 Å². The second-order valence-electron chi connectivity index (χ2n) is 4.80. The summed E-state index contributed by atoms with van der Waals surface area (Å²) in [6.45, 7) is 5.03. The molecule has 6 heteroatoms. The van der Waals surface area contributed by atoms with Gasteiger partial charge in [0.15, 0.2) is 0 Å². The summed E-state index contributed by atoms with van der Waals surface area (Å²) in [4.78, 5) is 0. The fraction of sp³-hybridized carbons (Fsp3) is 0.333. The van der Waals surface area contributed by atoms with Crippen LogP contribution in [0, 0.1) is 0 Å². The fourth-order valence-electron chi connectivity index (χ4n) is 2.05. The topological polar surface area (TPSA) is 58.2 Å². The van der Waals surface area contributed by atoms with Gasteiger partial charge in [-0.05, 0) is 43.0 Å². The Morgan fingerprint density at radius 2 is 1.95 bits per heavy atom. The maximum atomic E-state index is 12.3. The van der Waals surface area contributed by atoms with E-state index in [4.69, 9.17) is 0 Å². The molecule has 1 unspecified atom stereocenters. The molecule has 2 N–H and O–H groups in total. The average molecular weight is 324 g/mol. The van der Waals surface area contributed by atoms with E-state index in [-0.39, 0.29) is 6.04 Å². The molecule has 0 saturated carbocycles. The Kier molecular flexibility index (Phi) is 5.39.